The van der Waals surface area contributed by atoms with Crippen LogP contribution in [0, 0.1) is 0 Å². The molecule has 0 radical (unpaired) electrons. The van der Waals surface area contributed by atoms with E-state index in [2.05, 4.69) is 5.32 Å². The van der Waals surface area contributed by atoms with Crippen molar-refractivity contribution in [1.82, 2.24) is 0 Å². The van der Waals surface area contributed by atoms with Crippen LogP contribution < -0.4 is 10.1 Å². The fourth-order valence-electron chi connectivity index (χ4n) is 2.44. The lowest BCUT2D eigenvalue weighted by atomic mass is 10.1. The van der Waals surface area contributed by atoms with Crippen LogP contribution in [0.5, 0.6) is 5.75 Å². The van der Waals surface area contributed by atoms with E-state index in [1.807, 2.05) is 0 Å². The molecule has 3 rings (SSSR count). The largest absolute Gasteiger partial charge is 0.495 e. The number of para-hydroxylation sites is 2. The normalized spacial score (nSPS) is 11.3. The van der Waals surface area contributed by atoms with Crippen molar-refractivity contribution in [2.75, 3.05) is 12.4 Å². The molecule has 0 aliphatic rings. The van der Waals surface area contributed by atoms with Crippen LogP contribution in [0.2, 0.25) is 5.02 Å². The highest BCUT2D eigenvalue weighted by molar-refractivity contribution is 6.31. The van der Waals surface area contributed by atoms with E-state index in [0.29, 0.717) is 11.4 Å². The number of hydrogen-bond acceptors (Lipinski definition) is 3. The van der Waals surface area contributed by atoms with Crippen molar-refractivity contribution < 1.29 is 27.1 Å². The molecular formula is C19H13ClF3NO3. The van der Waals surface area contributed by atoms with Crippen LogP contribution >= 0.6 is 11.6 Å². The number of halogens is 4. The molecule has 0 bridgehead atoms. The van der Waals surface area contributed by atoms with Gasteiger partial charge >= 0.3 is 6.18 Å². The number of amides is 1. The fourth-order valence-corrected chi connectivity index (χ4v) is 2.67. The number of benzene rings is 2. The Bertz CT molecular complexity index is 982. The van der Waals surface area contributed by atoms with Crippen LogP contribution in [0.25, 0.3) is 11.3 Å². The molecule has 1 aromatic heterocycles. The van der Waals surface area contributed by atoms with Crippen molar-refractivity contribution in [3.63, 3.8) is 0 Å². The molecule has 4 nitrogen and oxygen atoms in total. The van der Waals surface area contributed by atoms with Gasteiger partial charge in [0, 0.05) is 5.56 Å². The van der Waals surface area contributed by atoms with Crippen LogP contribution in [0.4, 0.5) is 18.9 Å². The quantitative estimate of drug-likeness (QED) is 0.600. The molecule has 0 spiro atoms. The summed E-state index contributed by atoms with van der Waals surface area (Å²) < 4.78 is 49.6. The molecule has 1 amide bonds. The van der Waals surface area contributed by atoms with Crippen molar-refractivity contribution in [3.8, 4) is 17.1 Å². The number of rotatable bonds is 4. The SMILES string of the molecule is COc1ccccc1NC(=O)c1ccc(-c2ccc(Cl)c(C(F)(F)F)c2)o1. The number of nitrogens with one attached hydrogen (secondary N) is 1. The van der Waals surface area contributed by atoms with Crippen LogP contribution in [-0.4, -0.2) is 13.0 Å². The van der Waals surface area contributed by atoms with Gasteiger partial charge in [-0.3, -0.25) is 4.79 Å². The second-order valence-corrected chi connectivity index (χ2v) is 5.92. The second-order valence-electron chi connectivity index (χ2n) is 5.51. The molecule has 0 atom stereocenters. The molecular weight excluding hydrogens is 383 g/mol. The van der Waals surface area contributed by atoms with E-state index in [0.717, 1.165) is 12.1 Å². The number of hydrogen-bond donors (Lipinski definition) is 1. The maximum absolute atomic E-state index is 13.0. The third kappa shape index (κ3) is 4.09. The van der Waals surface area contributed by atoms with E-state index >= 15 is 0 Å². The summed E-state index contributed by atoms with van der Waals surface area (Å²) in [4.78, 5) is 12.3. The monoisotopic (exact) mass is 395 g/mol. The summed E-state index contributed by atoms with van der Waals surface area (Å²) in [7, 11) is 1.47. The summed E-state index contributed by atoms with van der Waals surface area (Å²) in [5.41, 5.74) is -0.380. The first-order valence-electron chi connectivity index (χ1n) is 7.71. The molecule has 1 heterocycles. The second kappa shape index (κ2) is 7.36. The molecule has 2 aromatic carbocycles. The zero-order chi connectivity index (χ0) is 19.6. The smallest absolute Gasteiger partial charge is 0.417 e. The summed E-state index contributed by atoms with van der Waals surface area (Å²) >= 11 is 5.62. The van der Waals surface area contributed by atoms with Crippen molar-refractivity contribution in [1.29, 1.82) is 0 Å². The number of anilines is 1. The van der Waals surface area contributed by atoms with Gasteiger partial charge in [0.1, 0.15) is 11.5 Å². The summed E-state index contributed by atoms with van der Waals surface area (Å²) in [6, 6.07) is 13.0. The van der Waals surface area contributed by atoms with Crippen molar-refractivity contribution in [3.05, 3.63) is 70.9 Å². The third-order valence-corrected chi connectivity index (χ3v) is 4.07. The maximum atomic E-state index is 13.0. The molecule has 3 aromatic rings. The number of carbonyl (C=O) groups excluding carboxylic acids is 1. The summed E-state index contributed by atoms with van der Waals surface area (Å²) in [5.74, 6) is -0.0392. The van der Waals surface area contributed by atoms with E-state index in [1.165, 1.54) is 25.3 Å². The number of ether oxygens (including phenoxy) is 1. The minimum absolute atomic E-state index is 0.0561. The first-order chi connectivity index (χ1) is 12.8. The van der Waals surface area contributed by atoms with E-state index in [4.69, 9.17) is 20.8 Å². The fraction of sp³-hybridized carbons (Fsp3) is 0.105. The van der Waals surface area contributed by atoms with Crippen molar-refractivity contribution >= 4 is 23.2 Å². The van der Waals surface area contributed by atoms with Crippen LogP contribution in [0.3, 0.4) is 0 Å². The molecule has 0 saturated carbocycles. The lowest BCUT2D eigenvalue weighted by Gasteiger charge is -2.10. The maximum Gasteiger partial charge on any atom is 0.417 e. The van der Waals surface area contributed by atoms with E-state index in [-0.39, 0.29) is 17.1 Å². The lowest BCUT2D eigenvalue weighted by Crippen LogP contribution is -2.11. The highest BCUT2D eigenvalue weighted by Gasteiger charge is 2.33. The minimum Gasteiger partial charge on any atom is -0.495 e. The topological polar surface area (TPSA) is 51.5 Å². The van der Waals surface area contributed by atoms with Gasteiger partial charge in [-0.2, -0.15) is 13.2 Å². The highest BCUT2D eigenvalue weighted by Crippen LogP contribution is 2.37. The Balaban J connectivity index is 1.86. The molecule has 0 aliphatic heterocycles. The number of alkyl halides is 3. The molecule has 1 N–H and O–H groups in total. The van der Waals surface area contributed by atoms with Crippen molar-refractivity contribution in [2.24, 2.45) is 0 Å². The van der Waals surface area contributed by atoms with E-state index in [9.17, 15) is 18.0 Å². The third-order valence-electron chi connectivity index (χ3n) is 3.74. The van der Waals surface area contributed by atoms with Gasteiger partial charge in [-0.25, -0.2) is 0 Å². The van der Waals surface area contributed by atoms with Gasteiger partial charge < -0.3 is 14.5 Å². The minimum atomic E-state index is -4.59. The molecule has 0 fully saturated rings. The Morgan fingerprint density at radius 3 is 2.56 bits per heavy atom. The number of carbonyl (C=O) groups is 1. The van der Waals surface area contributed by atoms with Gasteiger partial charge in [-0.1, -0.05) is 23.7 Å². The van der Waals surface area contributed by atoms with Gasteiger partial charge in [-0.05, 0) is 42.5 Å². The van der Waals surface area contributed by atoms with Crippen LogP contribution in [-0.2, 0) is 6.18 Å². The highest BCUT2D eigenvalue weighted by atomic mass is 35.5. The molecule has 8 heteroatoms. The Morgan fingerprint density at radius 2 is 1.85 bits per heavy atom. The van der Waals surface area contributed by atoms with Gasteiger partial charge in [0.25, 0.3) is 5.91 Å². The van der Waals surface area contributed by atoms with Crippen LogP contribution in [0.1, 0.15) is 16.1 Å². The van der Waals surface area contributed by atoms with Gasteiger partial charge in [0.15, 0.2) is 5.76 Å². The predicted octanol–water partition coefficient (Wildman–Crippen LogP) is 5.88. The molecule has 27 heavy (non-hydrogen) atoms. The average molecular weight is 396 g/mol. The van der Waals surface area contributed by atoms with E-state index in [1.54, 1.807) is 24.3 Å². The predicted molar refractivity (Wildman–Crippen MR) is 95.1 cm³/mol. The molecule has 0 unspecified atom stereocenters. The Hall–Kier alpha value is -2.93. The molecule has 0 aliphatic carbocycles. The Labute approximate surface area is 157 Å². The summed E-state index contributed by atoms with van der Waals surface area (Å²) in [6.07, 6.45) is -4.59. The Morgan fingerprint density at radius 1 is 1.11 bits per heavy atom. The first-order valence-corrected chi connectivity index (χ1v) is 8.08. The number of methoxy groups -OCH3 is 1. The zero-order valence-electron chi connectivity index (χ0n) is 13.9. The first kappa shape index (κ1) is 18.8. The van der Waals surface area contributed by atoms with Gasteiger partial charge in [-0.15, -0.1) is 0 Å². The molecule has 140 valence electrons. The summed E-state index contributed by atoms with van der Waals surface area (Å²) in [6.45, 7) is 0. The van der Waals surface area contributed by atoms with Gasteiger partial charge in [0.2, 0.25) is 0 Å². The number of furan rings is 1. The molecule has 0 saturated heterocycles. The van der Waals surface area contributed by atoms with Crippen LogP contribution in [0.15, 0.2) is 59.0 Å². The van der Waals surface area contributed by atoms with Gasteiger partial charge in [0.05, 0.1) is 23.4 Å². The van der Waals surface area contributed by atoms with Crippen molar-refractivity contribution in [2.45, 2.75) is 6.18 Å². The lowest BCUT2D eigenvalue weighted by molar-refractivity contribution is -0.137. The Kier molecular flexibility index (Phi) is 5.14. The summed E-state index contributed by atoms with van der Waals surface area (Å²) in [5, 5.41) is 2.22. The zero-order valence-corrected chi connectivity index (χ0v) is 14.7. The van der Waals surface area contributed by atoms with E-state index < -0.39 is 22.7 Å². The average Bonchev–Trinajstić information content (AvgIpc) is 3.12. The standard InChI is InChI=1S/C19H13ClF3NO3/c1-26-16-5-3-2-4-14(16)24-18(25)17-9-8-15(27-17)11-6-7-13(20)12(10-11)19(21,22)23/h2-10H,1H3,(H,24,25).